The maximum absolute atomic E-state index is 14.4. The number of carbonyl (C=O) groups is 2. The third-order valence-corrected chi connectivity index (χ3v) is 7.55. The van der Waals surface area contributed by atoms with Crippen LogP contribution in [0.25, 0.3) is 12.2 Å². The number of carbonyl (C=O) groups excluding carboxylic acids is 2. The fourth-order valence-corrected chi connectivity index (χ4v) is 5.35. The average molecular weight is 536 g/mol. The van der Waals surface area contributed by atoms with Gasteiger partial charge in [-0.25, -0.2) is 12.8 Å². The number of non-ortho nitro benzene ring substituents is 1. The molecule has 1 aliphatic heterocycles. The van der Waals surface area contributed by atoms with Gasteiger partial charge in [-0.15, -0.1) is 0 Å². The summed E-state index contributed by atoms with van der Waals surface area (Å²) in [7, 11) is -4.13. The zero-order valence-corrected chi connectivity index (χ0v) is 20.9. The SMILES string of the molecule is CC(=O)Nc1ccc(S(=O)(=O)N2C/C(=C\c3cccc([N+](=O)[O-])c3)C(=O)/C(=C/c3ccccc3F)C2)cc1. The summed E-state index contributed by atoms with van der Waals surface area (Å²) in [5.74, 6) is -1.38. The molecule has 0 saturated carbocycles. The molecule has 194 valence electrons. The Morgan fingerprint density at radius 1 is 1.00 bits per heavy atom. The molecule has 1 amide bonds. The van der Waals surface area contributed by atoms with E-state index in [1.165, 1.54) is 79.7 Å². The fourth-order valence-electron chi connectivity index (χ4n) is 3.95. The third kappa shape index (κ3) is 5.90. The molecule has 11 heteroatoms. The molecule has 0 bridgehead atoms. The molecule has 1 saturated heterocycles. The van der Waals surface area contributed by atoms with Gasteiger partial charge >= 0.3 is 0 Å². The van der Waals surface area contributed by atoms with Crippen molar-refractivity contribution in [2.24, 2.45) is 0 Å². The standard InChI is InChI=1S/C27H22FN3O6S/c1-18(32)29-23-9-11-25(12-10-23)38(36,37)30-16-21(13-19-5-4-7-24(14-19)31(34)35)27(33)22(17-30)15-20-6-2-3-8-26(20)28/h2-15H,16-17H2,1H3,(H,29,32)/b21-13+,22-15+. The Bertz CT molecular complexity index is 1600. The van der Waals surface area contributed by atoms with E-state index in [-0.39, 0.29) is 46.3 Å². The van der Waals surface area contributed by atoms with Gasteiger partial charge in [0.15, 0.2) is 5.78 Å². The Balaban J connectivity index is 1.77. The molecule has 3 aromatic rings. The first-order valence-corrected chi connectivity index (χ1v) is 12.8. The lowest BCUT2D eigenvalue weighted by Crippen LogP contribution is -2.41. The number of piperidine rings is 1. The largest absolute Gasteiger partial charge is 0.326 e. The molecule has 0 atom stereocenters. The zero-order chi connectivity index (χ0) is 27.4. The highest BCUT2D eigenvalue weighted by molar-refractivity contribution is 7.89. The van der Waals surface area contributed by atoms with E-state index < -0.39 is 26.5 Å². The van der Waals surface area contributed by atoms with Crippen LogP contribution >= 0.6 is 0 Å². The molecule has 1 fully saturated rings. The van der Waals surface area contributed by atoms with Crippen molar-refractivity contribution in [2.75, 3.05) is 18.4 Å². The van der Waals surface area contributed by atoms with Crippen molar-refractivity contribution in [3.63, 3.8) is 0 Å². The maximum Gasteiger partial charge on any atom is 0.270 e. The zero-order valence-electron chi connectivity index (χ0n) is 20.1. The Hall–Kier alpha value is -4.48. The van der Waals surface area contributed by atoms with Crippen LogP contribution in [0.15, 0.2) is 88.8 Å². The van der Waals surface area contributed by atoms with Gasteiger partial charge in [-0.05, 0) is 48.0 Å². The lowest BCUT2D eigenvalue weighted by atomic mass is 9.95. The van der Waals surface area contributed by atoms with Crippen molar-refractivity contribution in [2.45, 2.75) is 11.8 Å². The van der Waals surface area contributed by atoms with E-state index in [1.807, 2.05) is 0 Å². The van der Waals surface area contributed by atoms with Gasteiger partial charge < -0.3 is 5.32 Å². The molecule has 0 spiro atoms. The number of sulfonamides is 1. The molecule has 38 heavy (non-hydrogen) atoms. The van der Waals surface area contributed by atoms with Crippen LogP contribution in [0, 0.1) is 15.9 Å². The number of benzene rings is 3. The number of ketones is 1. The minimum Gasteiger partial charge on any atom is -0.326 e. The second kappa shape index (κ2) is 10.9. The second-order valence-electron chi connectivity index (χ2n) is 8.52. The lowest BCUT2D eigenvalue weighted by molar-refractivity contribution is -0.384. The first kappa shape index (κ1) is 26.6. The minimum atomic E-state index is -4.13. The van der Waals surface area contributed by atoms with Gasteiger partial charge in [0.1, 0.15) is 5.82 Å². The highest BCUT2D eigenvalue weighted by atomic mass is 32.2. The Morgan fingerprint density at radius 3 is 2.29 bits per heavy atom. The summed E-state index contributed by atoms with van der Waals surface area (Å²) in [5.41, 5.74) is 0.788. The summed E-state index contributed by atoms with van der Waals surface area (Å²) < 4.78 is 42.5. The van der Waals surface area contributed by atoms with Crippen LogP contribution in [0.4, 0.5) is 15.8 Å². The molecule has 1 N–H and O–H groups in total. The van der Waals surface area contributed by atoms with E-state index in [0.29, 0.717) is 11.3 Å². The number of anilines is 1. The third-order valence-electron chi connectivity index (χ3n) is 5.75. The topological polar surface area (TPSA) is 127 Å². The van der Waals surface area contributed by atoms with Gasteiger partial charge in [-0.2, -0.15) is 4.31 Å². The Morgan fingerprint density at radius 2 is 1.66 bits per heavy atom. The van der Waals surface area contributed by atoms with Crippen molar-refractivity contribution < 1.29 is 27.3 Å². The predicted molar refractivity (Wildman–Crippen MR) is 140 cm³/mol. The number of nitrogens with one attached hydrogen (secondary N) is 1. The second-order valence-corrected chi connectivity index (χ2v) is 10.5. The normalized spacial score (nSPS) is 16.5. The van der Waals surface area contributed by atoms with Gasteiger partial charge in [-0.1, -0.05) is 30.3 Å². The maximum atomic E-state index is 14.4. The monoisotopic (exact) mass is 535 g/mol. The van der Waals surface area contributed by atoms with Crippen LogP contribution in [-0.2, 0) is 19.6 Å². The van der Waals surface area contributed by atoms with Gasteiger partial charge in [0.2, 0.25) is 15.9 Å². The number of amides is 1. The summed E-state index contributed by atoms with van der Waals surface area (Å²) in [4.78, 5) is 35.2. The summed E-state index contributed by atoms with van der Waals surface area (Å²) in [6, 6.07) is 16.9. The van der Waals surface area contributed by atoms with Crippen molar-refractivity contribution in [3.8, 4) is 0 Å². The van der Waals surface area contributed by atoms with E-state index in [1.54, 1.807) is 12.1 Å². The number of hydrogen-bond donors (Lipinski definition) is 1. The lowest BCUT2D eigenvalue weighted by Gasteiger charge is -2.29. The number of nitro groups is 1. The number of Topliss-reactive ketones (excluding diaryl/α,β-unsaturated/α-hetero) is 1. The van der Waals surface area contributed by atoms with Crippen LogP contribution in [0.5, 0.6) is 0 Å². The molecular formula is C27H22FN3O6S. The predicted octanol–water partition coefficient (Wildman–Crippen LogP) is 4.43. The number of nitrogens with zero attached hydrogens (tertiary/aromatic N) is 2. The van der Waals surface area contributed by atoms with E-state index in [2.05, 4.69) is 5.32 Å². The summed E-state index contributed by atoms with van der Waals surface area (Å²) in [5, 5.41) is 13.7. The average Bonchev–Trinajstić information content (AvgIpc) is 2.87. The van der Waals surface area contributed by atoms with Crippen LogP contribution < -0.4 is 5.32 Å². The van der Waals surface area contributed by atoms with E-state index in [4.69, 9.17) is 0 Å². The Kier molecular flexibility index (Phi) is 7.60. The summed E-state index contributed by atoms with van der Waals surface area (Å²) in [6.45, 7) is 0.717. The van der Waals surface area contributed by atoms with E-state index in [9.17, 15) is 32.5 Å². The number of nitro benzene ring substituents is 1. The quantitative estimate of drug-likeness (QED) is 0.283. The van der Waals surface area contributed by atoms with Gasteiger partial charge in [0, 0.05) is 54.5 Å². The first-order valence-electron chi connectivity index (χ1n) is 11.4. The van der Waals surface area contributed by atoms with Crippen molar-refractivity contribution >= 4 is 45.2 Å². The molecule has 0 radical (unpaired) electrons. The smallest absolute Gasteiger partial charge is 0.270 e. The summed E-state index contributed by atoms with van der Waals surface area (Å²) >= 11 is 0. The molecule has 0 unspecified atom stereocenters. The van der Waals surface area contributed by atoms with Crippen molar-refractivity contribution in [3.05, 3.63) is 111 Å². The van der Waals surface area contributed by atoms with Crippen molar-refractivity contribution in [1.29, 1.82) is 0 Å². The van der Waals surface area contributed by atoms with Crippen LogP contribution in [0.1, 0.15) is 18.1 Å². The highest BCUT2D eigenvalue weighted by Gasteiger charge is 2.34. The molecule has 1 aliphatic rings. The molecule has 1 heterocycles. The summed E-state index contributed by atoms with van der Waals surface area (Å²) in [6.07, 6.45) is 2.70. The molecule has 3 aromatic carbocycles. The van der Waals surface area contributed by atoms with Crippen molar-refractivity contribution in [1.82, 2.24) is 4.31 Å². The number of rotatable bonds is 6. The van der Waals surface area contributed by atoms with E-state index in [0.717, 1.165) is 4.31 Å². The first-order chi connectivity index (χ1) is 18.0. The van der Waals surface area contributed by atoms with Crippen LogP contribution in [0.2, 0.25) is 0 Å². The molecule has 0 aromatic heterocycles. The van der Waals surface area contributed by atoms with Gasteiger partial charge in [0.05, 0.1) is 9.82 Å². The minimum absolute atomic E-state index is 0.0384. The van der Waals surface area contributed by atoms with Crippen LogP contribution in [0.3, 0.4) is 0 Å². The Labute approximate surface area is 218 Å². The molecule has 9 nitrogen and oxygen atoms in total. The molecule has 4 rings (SSSR count). The number of hydrogen-bond acceptors (Lipinski definition) is 6. The molecule has 0 aliphatic carbocycles. The fraction of sp³-hybridized carbons (Fsp3) is 0.111. The molecular weight excluding hydrogens is 513 g/mol. The van der Waals surface area contributed by atoms with Gasteiger partial charge in [-0.3, -0.25) is 19.7 Å². The highest BCUT2D eigenvalue weighted by Crippen LogP contribution is 2.28. The van der Waals surface area contributed by atoms with Gasteiger partial charge in [0.25, 0.3) is 5.69 Å². The van der Waals surface area contributed by atoms with Crippen LogP contribution in [-0.4, -0.2) is 42.4 Å². The van der Waals surface area contributed by atoms with E-state index >= 15 is 0 Å². The number of halogens is 1.